The van der Waals surface area contributed by atoms with Crippen LogP contribution >= 0.6 is 0 Å². The van der Waals surface area contributed by atoms with Gasteiger partial charge in [-0.1, -0.05) is 73.1 Å². The van der Waals surface area contributed by atoms with E-state index in [0.717, 1.165) is 59.0 Å². The molecule has 0 radical (unpaired) electrons. The smallest absolute Gasteiger partial charge is 0.388 e. The molecule has 4 rings (SSSR count). The Morgan fingerprint density at radius 1 is 1.11 bits per heavy atom. The molecule has 38 heavy (non-hydrogen) atoms. The number of aromatic nitrogens is 1. The van der Waals surface area contributed by atoms with Crippen LogP contribution in [0, 0.1) is 11.3 Å². The summed E-state index contributed by atoms with van der Waals surface area (Å²) in [5.41, 5.74) is 4.50. The maximum absolute atomic E-state index is 13.1. The lowest BCUT2D eigenvalue weighted by Crippen LogP contribution is -2.29. The topological polar surface area (TPSA) is 42.4 Å². The third-order valence-electron chi connectivity index (χ3n) is 7.57. The van der Waals surface area contributed by atoms with Gasteiger partial charge in [0.25, 0.3) is 0 Å². The van der Waals surface area contributed by atoms with Crippen LogP contribution in [0.5, 0.6) is 0 Å². The van der Waals surface area contributed by atoms with Crippen LogP contribution in [0.1, 0.15) is 138 Å². The average Bonchev–Trinajstić information content (AvgIpc) is 3.20. The molecule has 1 aromatic carbocycles. The molecular weight excluding hydrogens is 487 g/mol. The summed E-state index contributed by atoms with van der Waals surface area (Å²) in [6.07, 6.45) is 0.152. The van der Waals surface area contributed by atoms with Gasteiger partial charge in [0.15, 0.2) is 0 Å². The van der Waals surface area contributed by atoms with Crippen molar-refractivity contribution in [2.75, 3.05) is 0 Å². The normalized spacial score (nSPS) is 22.1. The molecule has 0 amide bonds. The van der Waals surface area contributed by atoms with E-state index in [9.17, 15) is 18.3 Å². The first kappa shape index (κ1) is 30.4. The Hall–Kier alpha value is -2.18. The fourth-order valence-corrected chi connectivity index (χ4v) is 5.30. The maximum atomic E-state index is 13.1. The van der Waals surface area contributed by atoms with Gasteiger partial charge in [-0.3, -0.25) is 4.98 Å². The first-order valence-electron chi connectivity index (χ1n) is 13.9. The van der Waals surface area contributed by atoms with Gasteiger partial charge in [0, 0.05) is 22.5 Å². The largest absolute Gasteiger partial charge is 0.416 e. The number of fused-ring (bicyclic) bond motifs is 3. The Morgan fingerprint density at radius 2 is 1.71 bits per heavy atom. The zero-order valence-electron chi connectivity index (χ0n) is 24.0. The first-order valence-corrected chi connectivity index (χ1v) is 13.9. The molecule has 3 nitrogen and oxygen atoms in total. The summed E-state index contributed by atoms with van der Waals surface area (Å²) in [5.74, 6) is 0.986. The van der Waals surface area contributed by atoms with E-state index < -0.39 is 23.9 Å². The molecule has 6 heteroatoms. The standard InChI is InChI=1S/C27H32F3NO2.C5H12/c1-6-7-8-20-22-21-18(13-26(4,5)14-19(21)32)31-24(15(2)3)23(22)25(33-20)16-9-11-17(12-10-16)27(28,29)30;1-4-5(2)3/h6,9-12,15,19-20,25,32H,1,7-8,13-14H2,2-5H3;5H,4H2,1-3H3/t19?,20?,25-;/m0./s1. The summed E-state index contributed by atoms with van der Waals surface area (Å²) in [6, 6.07) is 5.20. The maximum Gasteiger partial charge on any atom is 0.416 e. The molecule has 210 valence electrons. The number of alkyl halides is 3. The van der Waals surface area contributed by atoms with E-state index >= 15 is 0 Å². The van der Waals surface area contributed by atoms with Gasteiger partial charge in [-0.05, 0) is 66.2 Å². The molecule has 2 aliphatic rings. The second kappa shape index (κ2) is 11.9. The zero-order chi connectivity index (χ0) is 28.4. The van der Waals surface area contributed by atoms with Crippen molar-refractivity contribution in [2.24, 2.45) is 11.3 Å². The summed E-state index contributed by atoms with van der Waals surface area (Å²) in [5, 5.41) is 11.2. The lowest BCUT2D eigenvalue weighted by Gasteiger charge is -2.36. The number of hydrogen-bond acceptors (Lipinski definition) is 3. The van der Waals surface area contributed by atoms with E-state index in [4.69, 9.17) is 9.72 Å². The van der Waals surface area contributed by atoms with Gasteiger partial charge in [-0.15, -0.1) is 6.58 Å². The fraction of sp³-hybridized carbons (Fsp3) is 0.594. The highest BCUT2D eigenvalue weighted by atomic mass is 19.4. The van der Waals surface area contributed by atoms with Crippen molar-refractivity contribution in [3.63, 3.8) is 0 Å². The van der Waals surface area contributed by atoms with Crippen molar-refractivity contribution in [3.8, 4) is 0 Å². The van der Waals surface area contributed by atoms with E-state index in [2.05, 4.69) is 55.0 Å². The predicted octanol–water partition coefficient (Wildman–Crippen LogP) is 9.41. The van der Waals surface area contributed by atoms with Crippen LogP contribution in [0.2, 0.25) is 0 Å². The molecule has 1 aliphatic carbocycles. The molecule has 2 aromatic rings. The van der Waals surface area contributed by atoms with Gasteiger partial charge in [0.05, 0.1) is 17.8 Å². The molecule has 1 N–H and O–H groups in total. The van der Waals surface area contributed by atoms with E-state index in [1.54, 1.807) is 0 Å². The number of aliphatic hydroxyl groups is 1. The number of hydrogen-bond donors (Lipinski definition) is 1. The molecule has 1 aliphatic heterocycles. The minimum Gasteiger partial charge on any atom is -0.388 e. The summed E-state index contributed by atoms with van der Waals surface area (Å²) in [6.45, 7) is 18.9. The highest BCUT2D eigenvalue weighted by Crippen LogP contribution is 2.53. The molecule has 0 spiro atoms. The second-order valence-corrected chi connectivity index (χ2v) is 12.2. The van der Waals surface area contributed by atoms with Crippen molar-refractivity contribution >= 4 is 0 Å². The van der Waals surface area contributed by atoms with Gasteiger partial charge in [0.2, 0.25) is 0 Å². The number of nitrogens with zero attached hydrogens (tertiary/aromatic N) is 1. The van der Waals surface area contributed by atoms with Gasteiger partial charge in [-0.25, -0.2) is 0 Å². The zero-order valence-corrected chi connectivity index (χ0v) is 24.0. The molecule has 2 heterocycles. The lowest BCUT2D eigenvalue weighted by molar-refractivity contribution is -0.137. The summed E-state index contributed by atoms with van der Waals surface area (Å²) < 4.78 is 45.9. The number of aliphatic hydroxyl groups excluding tert-OH is 1. The summed E-state index contributed by atoms with van der Waals surface area (Å²) >= 11 is 0. The van der Waals surface area contributed by atoms with Crippen molar-refractivity contribution in [2.45, 2.75) is 111 Å². The Bertz CT molecular complexity index is 1100. The Labute approximate surface area is 226 Å². The fourth-order valence-electron chi connectivity index (χ4n) is 5.30. The Morgan fingerprint density at radius 3 is 2.21 bits per heavy atom. The minimum absolute atomic E-state index is 0.0647. The van der Waals surface area contributed by atoms with E-state index in [1.807, 2.05) is 6.08 Å². The monoisotopic (exact) mass is 531 g/mol. The van der Waals surface area contributed by atoms with E-state index in [0.29, 0.717) is 18.4 Å². The highest BCUT2D eigenvalue weighted by Gasteiger charge is 2.43. The van der Waals surface area contributed by atoms with Gasteiger partial charge in [-0.2, -0.15) is 13.2 Å². The molecule has 0 saturated carbocycles. The first-order chi connectivity index (χ1) is 17.7. The third-order valence-corrected chi connectivity index (χ3v) is 7.57. The summed E-state index contributed by atoms with van der Waals surface area (Å²) in [7, 11) is 0. The molecule has 0 saturated heterocycles. The van der Waals surface area contributed by atoms with Crippen LogP contribution in [0.25, 0.3) is 0 Å². The predicted molar refractivity (Wildman–Crippen MR) is 147 cm³/mol. The minimum atomic E-state index is -4.39. The van der Waals surface area contributed by atoms with Crippen LogP contribution in [0.15, 0.2) is 36.9 Å². The highest BCUT2D eigenvalue weighted by molar-refractivity contribution is 5.52. The number of ether oxygens (including phenoxy) is 1. The van der Waals surface area contributed by atoms with Crippen molar-refractivity contribution < 1.29 is 23.0 Å². The quantitative estimate of drug-likeness (QED) is 0.378. The molecule has 0 bridgehead atoms. The van der Waals surface area contributed by atoms with E-state index in [-0.39, 0.29) is 17.4 Å². The number of halogens is 3. The number of rotatable bonds is 6. The SMILES string of the molecule is C=CCCC1O[C@@H](c2ccc(C(F)(F)F)cc2)c2c(C(C)C)nc3c(c21)C(O)CC(C)(C)C3.CCC(C)C. The summed E-state index contributed by atoms with van der Waals surface area (Å²) in [4.78, 5) is 5.04. The van der Waals surface area contributed by atoms with Crippen LogP contribution in [0.4, 0.5) is 13.2 Å². The third kappa shape index (κ3) is 6.69. The van der Waals surface area contributed by atoms with Crippen molar-refractivity contribution in [3.05, 3.63) is 76.1 Å². The second-order valence-electron chi connectivity index (χ2n) is 12.2. The molecular formula is C32H44F3NO2. The number of allylic oxidation sites excluding steroid dienone is 1. The lowest BCUT2D eigenvalue weighted by atomic mass is 9.72. The average molecular weight is 532 g/mol. The molecule has 3 atom stereocenters. The molecule has 0 fully saturated rings. The van der Waals surface area contributed by atoms with E-state index in [1.165, 1.54) is 18.6 Å². The van der Waals surface area contributed by atoms with Gasteiger partial charge >= 0.3 is 6.18 Å². The van der Waals surface area contributed by atoms with Crippen LogP contribution in [-0.2, 0) is 17.3 Å². The van der Waals surface area contributed by atoms with Crippen LogP contribution < -0.4 is 0 Å². The van der Waals surface area contributed by atoms with Crippen LogP contribution in [0.3, 0.4) is 0 Å². The molecule has 2 unspecified atom stereocenters. The Balaban J connectivity index is 0.000000732. The van der Waals surface area contributed by atoms with Crippen molar-refractivity contribution in [1.29, 1.82) is 0 Å². The molecule has 1 aromatic heterocycles. The van der Waals surface area contributed by atoms with Crippen LogP contribution in [-0.4, -0.2) is 10.1 Å². The Kier molecular flexibility index (Phi) is 9.52. The van der Waals surface area contributed by atoms with Gasteiger partial charge in [0.1, 0.15) is 6.10 Å². The van der Waals surface area contributed by atoms with Crippen molar-refractivity contribution in [1.82, 2.24) is 4.98 Å². The number of pyridine rings is 1. The van der Waals surface area contributed by atoms with Gasteiger partial charge < -0.3 is 9.84 Å². The number of benzene rings is 1.